The van der Waals surface area contributed by atoms with Crippen LogP contribution in [0.5, 0.6) is 0 Å². The summed E-state index contributed by atoms with van der Waals surface area (Å²) in [6.45, 7) is 5.22. The van der Waals surface area contributed by atoms with Gasteiger partial charge in [-0.3, -0.25) is 4.79 Å². The van der Waals surface area contributed by atoms with Crippen LogP contribution in [0.3, 0.4) is 0 Å². The summed E-state index contributed by atoms with van der Waals surface area (Å²) >= 11 is 0. The predicted octanol–water partition coefficient (Wildman–Crippen LogP) is 2.31. The number of rotatable bonds is 2. The molecule has 0 spiro atoms. The summed E-state index contributed by atoms with van der Waals surface area (Å²) < 4.78 is 0. The van der Waals surface area contributed by atoms with E-state index in [2.05, 4.69) is 6.58 Å². The first kappa shape index (κ1) is 9.52. The molecule has 0 radical (unpaired) electrons. The molecule has 1 aromatic carbocycles. The molecular formula is C11H13NO. The van der Waals surface area contributed by atoms with Crippen molar-refractivity contribution in [2.24, 2.45) is 0 Å². The first-order valence-electron chi connectivity index (χ1n) is 4.12. The van der Waals surface area contributed by atoms with Crippen molar-refractivity contribution >= 4 is 17.7 Å². The van der Waals surface area contributed by atoms with Crippen LogP contribution < -0.4 is 4.90 Å². The Bertz CT molecular complexity index is 331. The number of amides is 1. The Hall–Kier alpha value is -1.57. The van der Waals surface area contributed by atoms with E-state index in [-0.39, 0.29) is 5.91 Å². The molecule has 68 valence electrons. The summed E-state index contributed by atoms with van der Waals surface area (Å²) in [5.74, 6) is 0.0289. The van der Waals surface area contributed by atoms with E-state index in [1.165, 1.54) is 0 Å². The molecule has 13 heavy (non-hydrogen) atoms. The number of anilines is 1. The maximum atomic E-state index is 11.0. The van der Waals surface area contributed by atoms with Crippen molar-refractivity contribution in [2.45, 2.75) is 6.92 Å². The lowest BCUT2D eigenvalue weighted by Gasteiger charge is -2.14. The van der Waals surface area contributed by atoms with E-state index in [1.54, 1.807) is 24.9 Å². The van der Waals surface area contributed by atoms with E-state index in [1.807, 2.05) is 24.3 Å². The van der Waals surface area contributed by atoms with Gasteiger partial charge in [-0.25, -0.2) is 0 Å². The second kappa shape index (κ2) is 3.90. The lowest BCUT2D eigenvalue weighted by Crippen LogP contribution is -2.22. The third-order valence-electron chi connectivity index (χ3n) is 1.97. The Balaban J connectivity index is 3.01. The molecule has 0 N–H and O–H groups in total. The number of benzene rings is 1. The zero-order valence-electron chi connectivity index (χ0n) is 7.95. The van der Waals surface area contributed by atoms with Crippen LogP contribution in [0.1, 0.15) is 12.5 Å². The number of carbonyl (C=O) groups excluding carboxylic acids is 1. The van der Waals surface area contributed by atoms with Crippen molar-refractivity contribution in [3.05, 3.63) is 36.4 Å². The average Bonchev–Trinajstić information content (AvgIpc) is 2.16. The van der Waals surface area contributed by atoms with Crippen molar-refractivity contribution in [2.75, 3.05) is 11.9 Å². The molecule has 0 aliphatic carbocycles. The van der Waals surface area contributed by atoms with Crippen LogP contribution in [0, 0.1) is 0 Å². The van der Waals surface area contributed by atoms with E-state index >= 15 is 0 Å². The van der Waals surface area contributed by atoms with E-state index in [9.17, 15) is 4.79 Å². The fourth-order valence-corrected chi connectivity index (χ4v) is 1.04. The molecule has 0 saturated heterocycles. The van der Waals surface area contributed by atoms with Gasteiger partial charge >= 0.3 is 0 Å². The lowest BCUT2D eigenvalue weighted by molar-refractivity contribution is -0.116. The zero-order chi connectivity index (χ0) is 9.84. The lowest BCUT2D eigenvalue weighted by atomic mass is 10.2. The molecule has 0 saturated carbocycles. The molecule has 0 bridgehead atoms. The Morgan fingerprint density at radius 1 is 1.54 bits per heavy atom. The molecule has 0 aromatic heterocycles. The van der Waals surface area contributed by atoms with Gasteiger partial charge in [0.15, 0.2) is 0 Å². The molecule has 0 unspecified atom stereocenters. The maximum absolute atomic E-state index is 11.0. The molecule has 2 heteroatoms. The molecule has 0 heterocycles. The summed E-state index contributed by atoms with van der Waals surface area (Å²) in [5.41, 5.74) is 1.91. The number of hydrogen-bond acceptors (Lipinski definition) is 1. The normalized spacial score (nSPS) is 9.38. The number of nitrogens with zero attached hydrogens (tertiary/aromatic N) is 1. The summed E-state index contributed by atoms with van der Waals surface area (Å²) in [7, 11) is 1.75. The van der Waals surface area contributed by atoms with Gasteiger partial charge in [0.25, 0.3) is 0 Å². The van der Waals surface area contributed by atoms with Gasteiger partial charge < -0.3 is 4.90 Å². The minimum absolute atomic E-state index is 0.0289. The monoisotopic (exact) mass is 175 g/mol. The first-order valence-corrected chi connectivity index (χ1v) is 4.12. The second-order valence-corrected chi connectivity index (χ2v) is 2.88. The van der Waals surface area contributed by atoms with Crippen molar-refractivity contribution in [3.63, 3.8) is 0 Å². The second-order valence-electron chi connectivity index (χ2n) is 2.88. The molecule has 0 atom stereocenters. The topological polar surface area (TPSA) is 20.3 Å². The predicted molar refractivity (Wildman–Crippen MR) is 55.6 cm³/mol. The van der Waals surface area contributed by atoms with Gasteiger partial charge in [-0.15, -0.1) is 0 Å². The van der Waals surface area contributed by atoms with Crippen LogP contribution in [-0.4, -0.2) is 13.0 Å². The van der Waals surface area contributed by atoms with Gasteiger partial charge in [-0.05, 0) is 17.7 Å². The molecule has 1 aromatic rings. The summed E-state index contributed by atoms with van der Waals surface area (Å²) in [6, 6.07) is 7.68. The van der Waals surface area contributed by atoms with Gasteiger partial charge in [-0.1, -0.05) is 24.8 Å². The van der Waals surface area contributed by atoms with Crippen LogP contribution in [-0.2, 0) is 4.79 Å². The van der Waals surface area contributed by atoms with Crippen molar-refractivity contribution in [3.8, 4) is 0 Å². The Morgan fingerprint density at radius 2 is 2.23 bits per heavy atom. The van der Waals surface area contributed by atoms with Gasteiger partial charge in [0.1, 0.15) is 0 Å². The SMILES string of the molecule is C=Cc1cccc(N(C)C(C)=O)c1. The van der Waals surface area contributed by atoms with E-state index in [4.69, 9.17) is 0 Å². The summed E-state index contributed by atoms with van der Waals surface area (Å²) in [5, 5.41) is 0. The van der Waals surface area contributed by atoms with Crippen molar-refractivity contribution in [1.82, 2.24) is 0 Å². The summed E-state index contributed by atoms with van der Waals surface area (Å²) in [4.78, 5) is 12.6. The van der Waals surface area contributed by atoms with Crippen LogP contribution in [0.25, 0.3) is 6.08 Å². The van der Waals surface area contributed by atoms with Gasteiger partial charge in [0, 0.05) is 19.7 Å². The Labute approximate surface area is 78.5 Å². The van der Waals surface area contributed by atoms with Gasteiger partial charge in [0.05, 0.1) is 0 Å². The van der Waals surface area contributed by atoms with Crippen LogP contribution in [0.4, 0.5) is 5.69 Å². The fourth-order valence-electron chi connectivity index (χ4n) is 1.04. The molecule has 0 aliphatic rings. The first-order chi connectivity index (χ1) is 6.15. The third kappa shape index (κ3) is 2.18. The van der Waals surface area contributed by atoms with E-state index in [0.29, 0.717) is 0 Å². The smallest absolute Gasteiger partial charge is 0.223 e. The molecule has 1 rings (SSSR count). The van der Waals surface area contributed by atoms with E-state index < -0.39 is 0 Å². The third-order valence-corrected chi connectivity index (χ3v) is 1.97. The minimum Gasteiger partial charge on any atom is -0.316 e. The van der Waals surface area contributed by atoms with E-state index in [0.717, 1.165) is 11.3 Å². The highest BCUT2D eigenvalue weighted by molar-refractivity contribution is 5.91. The molecular weight excluding hydrogens is 162 g/mol. The Kier molecular flexibility index (Phi) is 2.85. The molecule has 2 nitrogen and oxygen atoms in total. The summed E-state index contributed by atoms with van der Waals surface area (Å²) in [6.07, 6.45) is 1.76. The van der Waals surface area contributed by atoms with Crippen molar-refractivity contribution in [1.29, 1.82) is 0 Å². The molecule has 1 amide bonds. The highest BCUT2D eigenvalue weighted by Gasteiger charge is 2.04. The van der Waals surface area contributed by atoms with Crippen LogP contribution in [0.2, 0.25) is 0 Å². The maximum Gasteiger partial charge on any atom is 0.223 e. The standard InChI is InChI=1S/C11H13NO/c1-4-10-6-5-7-11(8-10)12(3)9(2)13/h4-8H,1H2,2-3H3. The minimum atomic E-state index is 0.0289. The van der Waals surface area contributed by atoms with Gasteiger partial charge in [-0.2, -0.15) is 0 Å². The van der Waals surface area contributed by atoms with Gasteiger partial charge in [0.2, 0.25) is 5.91 Å². The highest BCUT2D eigenvalue weighted by Crippen LogP contribution is 2.15. The fraction of sp³-hybridized carbons (Fsp3) is 0.182. The largest absolute Gasteiger partial charge is 0.316 e. The van der Waals surface area contributed by atoms with Crippen LogP contribution >= 0.6 is 0 Å². The number of hydrogen-bond donors (Lipinski definition) is 0. The molecule has 0 fully saturated rings. The van der Waals surface area contributed by atoms with Crippen LogP contribution in [0.15, 0.2) is 30.8 Å². The highest BCUT2D eigenvalue weighted by atomic mass is 16.2. The molecule has 0 aliphatic heterocycles. The quantitative estimate of drug-likeness (QED) is 0.675. The average molecular weight is 175 g/mol. The number of carbonyl (C=O) groups is 1. The van der Waals surface area contributed by atoms with Crippen molar-refractivity contribution < 1.29 is 4.79 Å². The Morgan fingerprint density at radius 3 is 2.77 bits per heavy atom. The zero-order valence-corrected chi connectivity index (χ0v) is 7.95.